The molecule has 0 saturated carbocycles. The zero-order chi connectivity index (χ0) is 10.9. The molecule has 0 radical (unpaired) electrons. The molecule has 3 N–H and O–H groups in total. The Balaban J connectivity index is 2.92. The first kappa shape index (κ1) is 11.2. The first-order chi connectivity index (χ1) is 6.35. The zero-order valence-electron chi connectivity index (χ0n) is 8.15. The van der Waals surface area contributed by atoms with Crippen molar-refractivity contribution in [2.24, 2.45) is 5.73 Å². The van der Waals surface area contributed by atoms with Crippen molar-refractivity contribution >= 4 is 15.6 Å². The molecule has 0 bridgehead atoms. The number of sulfone groups is 1. The van der Waals surface area contributed by atoms with Crippen LogP contribution in [-0.4, -0.2) is 31.4 Å². The fourth-order valence-electron chi connectivity index (χ4n) is 1.33. The van der Waals surface area contributed by atoms with Gasteiger partial charge in [-0.1, -0.05) is 0 Å². The molecule has 1 rings (SSSR count). The molecule has 80 valence electrons. The summed E-state index contributed by atoms with van der Waals surface area (Å²) in [6.45, 7) is 3.25. The summed E-state index contributed by atoms with van der Waals surface area (Å²) < 4.78 is 23.1. The van der Waals surface area contributed by atoms with E-state index in [1.54, 1.807) is 6.92 Å². The molecule has 2 unspecified atom stereocenters. The van der Waals surface area contributed by atoms with Crippen LogP contribution < -0.4 is 11.1 Å². The van der Waals surface area contributed by atoms with E-state index in [2.05, 4.69) is 5.32 Å². The minimum atomic E-state index is -3.37. The van der Waals surface area contributed by atoms with Gasteiger partial charge in [-0.2, -0.15) is 0 Å². The number of hydrogen-bond acceptors (Lipinski definition) is 5. The van der Waals surface area contributed by atoms with Crippen LogP contribution in [0, 0.1) is 0 Å². The van der Waals surface area contributed by atoms with Gasteiger partial charge >= 0.3 is 0 Å². The standard InChI is InChI=1S/C8H14N2O3S/c1-5(9)3-7(11)8-4-10-6(2)14(8,12)13/h3,6,8,10H,4,9H2,1-2H3/b5-3-. The number of ketones is 1. The summed E-state index contributed by atoms with van der Waals surface area (Å²) in [4.78, 5) is 11.4. The third-order valence-corrected chi connectivity index (χ3v) is 4.51. The summed E-state index contributed by atoms with van der Waals surface area (Å²) in [6, 6.07) is 0. The van der Waals surface area contributed by atoms with Crippen LogP contribution in [0.3, 0.4) is 0 Å². The van der Waals surface area contributed by atoms with E-state index in [1.807, 2.05) is 0 Å². The molecule has 1 heterocycles. The minimum absolute atomic E-state index is 0.173. The second-order valence-electron chi connectivity index (χ2n) is 3.42. The Labute approximate surface area is 83.3 Å². The van der Waals surface area contributed by atoms with E-state index in [9.17, 15) is 13.2 Å². The molecule has 14 heavy (non-hydrogen) atoms. The summed E-state index contributed by atoms with van der Waals surface area (Å²) >= 11 is 0. The zero-order valence-corrected chi connectivity index (χ0v) is 8.97. The van der Waals surface area contributed by atoms with Gasteiger partial charge in [0, 0.05) is 18.3 Å². The van der Waals surface area contributed by atoms with Crippen LogP contribution in [0.4, 0.5) is 0 Å². The smallest absolute Gasteiger partial charge is 0.177 e. The predicted octanol–water partition coefficient (Wildman–Crippen LogP) is -0.849. The van der Waals surface area contributed by atoms with Gasteiger partial charge in [-0.3, -0.25) is 10.1 Å². The summed E-state index contributed by atoms with van der Waals surface area (Å²) in [6.07, 6.45) is 1.17. The number of carbonyl (C=O) groups is 1. The lowest BCUT2D eigenvalue weighted by molar-refractivity contribution is -0.114. The maximum Gasteiger partial charge on any atom is 0.177 e. The molecule has 5 nitrogen and oxygen atoms in total. The Morgan fingerprint density at radius 3 is 2.50 bits per heavy atom. The molecule has 6 heteroatoms. The summed E-state index contributed by atoms with van der Waals surface area (Å²) in [5, 5.41) is 1.11. The van der Waals surface area contributed by atoms with Crippen molar-refractivity contribution in [1.82, 2.24) is 5.32 Å². The van der Waals surface area contributed by atoms with E-state index < -0.39 is 26.2 Å². The Kier molecular flexibility index (Phi) is 2.96. The van der Waals surface area contributed by atoms with Crippen molar-refractivity contribution in [3.63, 3.8) is 0 Å². The number of nitrogens with two attached hydrogens (primary N) is 1. The molecule has 1 fully saturated rings. The largest absolute Gasteiger partial charge is 0.402 e. The van der Waals surface area contributed by atoms with Crippen LogP contribution >= 0.6 is 0 Å². The van der Waals surface area contributed by atoms with Crippen LogP contribution in [0.25, 0.3) is 0 Å². The van der Waals surface area contributed by atoms with Gasteiger partial charge in [0.15, 0.2) is 15.6 Å². The molecule has 0 aliphatic carbocycles. The Hall–Kier alpha value is -0.880. The third kappa shape index (κ3) is 1.96. The highest BCUT2D eigenvalue weighted by atomic mass is 32.2. The van der Waals surface area contributed by atoms with Gasteiger partial charge in [0.1, 0.15) is 10.6 Å². The summed E-state index contributed by atoms with van der Waals surface area (Å²) in [5.41, 5.74) is 5.63. The average Bonchev–Trinajstić information content (AvgIpc) is 2.26. The van der Waals surface area contributed by atoms with E-state index >= 15 is 0 Å². The fourth-order valence-corrected chi connectivity index (χ4v) is 2.87. The van der Waals surface area contributed by atoms with Crippen molar-refractivity contribution in [2.45, 2.75) is 24.5 Å². The molecule has 0 aromatic carbocycles. The van der Waals surface area contributed by atoms with Crippen LogP contribution in [0.15, 0.2) is 11.8 Å². The van der Waals surface area contributed by atoms with Gasteiger partial charge in [-0.15, -0.1) is 0 Å². The quantitative estimate of drug-likeness (QED) is 0.589. The Bertz CT molecular complexity index is 368. The van der Waals surface area contributed by atoms with E-state index in [-0.39, 0.29) is 6.54 Å². The molecule has 0 amide bonds. The van der Waals surface area contributed by atoms with Gasteiger partial charge < -0.3 is 5.73 Å². The fraction of sp³-hybridized carbons (Fsp3) is 0.625. The van der Waals surface area contributed by atoms with Gasteiger partial charge in [0.25, 0.3) is 0 Å². The highest BCUT2D eigenvalue weighted by Gasteiger charge is 2.41. The van der Waals surface area contributed by atoms with Crippen molar-refractivity contribution in [2.75, 3.05) is 6.54 Å². The number of hydrogen-bond donors (Lipinski definition) is 2. The molecule has 0 aromatic heterocycles. The molecular formula is C8H14N2O3S. The topological polar surface area (TPSA) is 89.3 Å². The molecule has 2 atom stereocenters. The van der Waals surface area contributed by atoms with E-state index in [0.717, 1.165) is 0 Å². The molecular weight excluding hydrogens is 204 g/mol. The number of rotatable bonds is 2. The highest BCUT2D eigenvalue weighted by Crippen LogP contribution is 2.15. The predicted molar refractivity (Wildman–Crippen MR) is 53.1 cm³/mol. The number of nitrogens with one attached hydrogen (secondary N) is 1. The van der Waals surface area contributed by atoms with Crippen molar-refractivity contribution in [3.8, 4) is 0 Å². The van der Waals surface area contributed by atoms with Crippen molar-refractivity contribution in [3.05, 3.63) is 11.8 Å². The van der Waals surface area contributed by atoms with Crippen LogP contribution in [0.1, 0.15) is 13.8 Å². The van der Waals surface area contributed by atoms with Gasteiger partial charge in [-0.05, 0) is 13.8 Å². The first-order valence-corrected chi connectivity index (χ1v) is 5.90. The maximum atomic E-state index is 11.6. The van der Waals surface area contributed by atoms with Gasteiger partial charge in [0.05, 0.1) is 0 Å². The van der Waals surface area contributed by atoms with E-state index in [4.69, 9.17) is 5.73 Å². The van der Waals surface area contributed by atoms with Gasteiger partial charge in [0.2, 0.25) is 0 Å². The lowest BCUT2D eigenvalue weighted by Gasteiger charge is -2.05. The summed E-state index contributed by atoms with van der Waals surface area (Å²) in [7, 11) is -3.37. The Morgan fingerprint density at radius 2 is 2.14 bits per heavy atom. The second kappa shape index (κ2) is 3.70. The minimum Gasteiger partial charge on any atom is -0.402 e. The summed E-state index contributed by atoms with van der Waals surface area (Å²) in [5.74, 6) is -0.443. The van der Waals surface area contributed by atoms with Crippen molar-refractivity contribution < 1.29 is 13.2 Å². The Morgan fingerprint density at radius 1 is 1.57 bits per heavy atom. The van der Waals surface area contributed by atoms with Crippen molar-refractivity contribution in [1.29, 1.82) is 0 Å². The molecule has 1 aliphatic heterocycles. The van der Waals surface area contributed by atoms with Gasteiger partial charge in [-0.25, -0.2) is 8.42 Å². The maximum absolute atomic E-state index is 11.6. The normalized spacial score (nSPS) is 31.7. The molecule has 0 aromatic rings. The third-order valence-electron chi connectivity index (χ3n) is 2.17. The number of allylic oxidation sites excluding steroid dienone is 2. The van der Waals surface area contributed by atoms with E-state index in [1.165, 1.54) is 13.0 Å². The molecule has 0 spiro atoms. The molecule has 1 aliphatic rings. The van der Waals surface area contributed by atoms with Crippen LogP contribution in [-0.2, 0) is 14.6 Å². The average molecular weight is 218 g/mol. The van der Waals surface area contributed by atoms with E-state index in [0.29, 0.717) is 5.70 Å². The SMILES string of the molecule is C/C(N)=C/C(=O)C1CNC(C)S1(=O)=O. The van der Waals surface area contributed by atoms with Crippen LogP contribution in [0.2, 0.25) is 0 Å². The monoisotopic (exact) mass is 218 g/mol. The van der Waals surface area contributed by atoms with Crippen LogP contribution in [0.5, 0.6) is 0 Å². The number of carbonyl (C=O) groups excluding carboxylic acids is 1. The lowest BCUT2D eigenvalue weighted by Crippen LogP contribution is -2.29. The highest BCUT2D eigenvalue weighted by molar-refractivity contribution is 7.93. The molecule has 1 saturated heterocycles. The second-order valence-corrected chi connectivity index (χ2v) is 5.87. The lowest BCUT2D eigenvalue weighted by atomic mass is 10.2. The first-order valence-electron chi connectivity index (χ1n) is 4.29.